The van der Waals surface area contributed by atoms with Crippen LogP contribution >= 0.6 is 0 Å². The molecule has 2 aliphatic rings. The molecule has 5 nitrogen and oxygen atoms in total. The molecule has 26 heavy (non-hydrogen) atoms. The maximum Gasteiger partial charge on any atom is 0.251 e. The molecule has 0 spiro atoms. The molecule has 0 bridgehead atoms. The van der Waals surface area contributed by atoms with Crippen LogP contribution < -0.4 is 15.4 Å². The number of H-pyrrole nitrogens is 1. The third-order valence-electron chi connectivity index (χ3n) is 5.25. The van der Waals surface area contributed by atoms with E-state index in [9.17, 15) is 9.18 Å². The second-order valence-electron chi connectivity index (χ2n) is 6.94. The SMILES string of the molecule is O=c1cc(N2CCOCC2)cc(N2CCC(F)C2Cc2ccccc2)[nH]1. The average molecular weight is 357 g/mol. The Bertz CT molecular complexity index is 789. The van der Waals surface area contributed by atoms with Crippen LogP contribution in [-0.4, -0.2) is 50.0 Å². The standard InChI is InChI=1S/C20H24FN3O2/c21-17-6-7-24(18(17)12-15-4-2-1-3-5-15)19-13-16(14-20(25)22-19)23-8-10-26-11-9-23/h1-5,13-14,17-18H,6-12H2,(H,22,25). The zero-order valence-electron chi connectivity index (χ0n) is 14.7. The first-order valence-electron chi connectivity index (χ1n) is 9.22. The van der Waals surface area contributed by atoms with Gasteiger partial charge in [-0.05, 0) is 18.4 Å². The Labute approximate surface area is 152 Å². The first kappa shape index (κ1) is 17.1. The Hall–Kier alpha value is -2.34. The molecule has 2 aromatic rings. The van der Waals surface area contributed by atoms with Crippen molar-refractivity contribution in [2.24, 2.45) is 0 Å². The number of rotatable bonds is 4. The highest BCUT2D eigenvalue weighted by atomic mass is 19.1. The van der Waals surface area contributed by atoms with Crippen LogP contribution in [0.25, 0.3) is 0 Å². The number of morpholine rings is 1. The summed E-state index contributed by atoms with van der Waals surface area (Å²) in [7, 11) is 0. The fourth-order valence-corrected chi connectivity index (χ4v) is 3.88. The zero-order valence-corrected chi connectivity index (χ0v) is 14.7. The number of aromatic nitrogens is 1. The summed E-state index contributed by atoms with van der Waals surface area (Å²) in [5, 5.41) is 0. The van der Waals surface area contributed by atoms with E-state index in [1.807, 2.05) is 41.3 Å². The summed E-state index contributed by atoms with van der Waals surface area (Å²) in [6.45, 7) is 3.47. The highest BCUT2D eigenvalue weighted by Gasteiger charge is 2.35. The van der Waals surface area contributed by atoms with Crippen molar-refractivity contribution in [2.45, 2.75) is 25.1 Å². The molecule has 2 atom stereocenters. The molecule has 0 saturated carbocycles. The van der Waals surface area contributed by atoms with Gasteiger partial charge < -0.3 is 19.5 Å². The van der Waals surface area contributed by atoms with Gasteiger partial charge in [0.1, 0.15) is 12.0 Å². The van der Waals surface area contributed by atoms with Gasteiger partial charge in [-0.3, -0.25) is 4.79 Å². The lowest BCUT2D eigenvalue weighted by Crippen LogP contribution is -2.39. The number of aromatic amines is 1. The summed E-state index contributed by atoms with van der Waals surface area (Å²) in [6.07, 6.45) is 0.221. The van der Waals surface area contributed by atoms with Gasteiger partial charge >= 0.3 is 0 Å². The number of hydrogen-bond acceptors (Lipinski definition) is 4. The van der Waals surface area contributed by atoms with Gasteiger partial charge in [-0.25, -0.2) is 4.39 Å². The maximum atomic E-state index is 14.6. The van der Waals surface area contributed by atoms with E-state index >= 15 is 0 Å². The summed E-state index contributed by atoms with van der Waals surface area (Å²) < 4.78 is 20.0. The lowest BCUT2D eigenvalue weighted by atomic mass is 10.0. The van der Waals surface area contributed by atoms with E-state index in [-0.39, 0.29) is 11.6 Å². The topological polar surface area (TPSA) is 48.6 Å². The summed E-state index contributed by atoms with van der Waals surface area (Å²) in [5.74, 6) is 0.708. The first-order chi connectivity index (χ1) is 12.7. The molecule has 2 saturated heterocycles. The second-order valence-corrected chi connectivity index (χ2v) is 6.94. The van der Waals surface area contributed by atoms with E-state index in [0.29, 0.717) is 38.4 Å². The van der Waals surface area contributed by atoms with Crippen LogP contribution in [0.2, 0.25) is 0 Å². The predicted octanol–water partition coefficient (Wildman–Crippen LogP) is 2.37. The van der Waals surface area contributed by atoms with Gasteiger partial charge in [0.25, 0.3) is 5.56 Å². The minimum atomic E-state index is -0.897. The van der Waals surface area contributed by atoms with Crippen LogP contribution in [0, 0.1) is 0 Å². The quantitative estimate of drug-likeness (QED) is 0.913. The van der Waals surface area contributed by atoms with Crippen molar-refractivity contribution in [1.82, 2.24) is 4.98 Å². The van der Waals surface area contributed by atoms with Crippen LogP contribution in [0.4, 0.5) is 15.9 Å². The van der Waals surface area contributed by atoms with Crippen LogP contribution in [-0.2, 0) is 11.2 Å². The number of hydrogen-bond donors (Lipinski definition) is 1. The fourth-order valence-electron chi connectivity index (χ4n) is 3.88. The third kappa shape index (κ3) is 3.60. The molecule has 6 heteroatoms. The van der Waals surface area contributed by atoms with Crippen molar-refractivity contribution in [1.29, 1.82) is 0 Å². The van der Waals surface area contributed by atoms with Gasteiger partial charge in [-0.2, -0.15) is 0 Å². The molecular weight excluding hydrogens is 333 g/mol. The van der Waals surface area contributed by atoms with Crippen molar-refractivity contribution in [3.63, 3.8) is 0 Å². The lowest BCUT2D eigenvalue weighted by Gasteiger charge is -2.31. The first-order valence-corrected chi connectivity index (χ1v) is 9.22. The second kappa shape index (κ2) is 7.50. The summed E-state index contributed by atoms with van der Waals surface area (Å²) in [5.41, 5.74) is 1.84. The van der Waals surface area contributed by atoms with Gasteiger partial charge in [0.2, 0.25) is 0 Å². The fraction of sp³-hybridized carbons (Fsp3) is 0.450. The third-order valence-corrected chi connectivity index (χ3v) is 5.25. The van der Waals surface area contributed by atoms with E-state index in [4.69, 9.17) is 4.74 Å². The van der Waals surface area contributed by atoms with E-state index in [0.717, 1.165) is 24.3 Å². The van der Waals surface area contributed by atoms with E-state index in [1.54, 1.807) is 6.07 Å². The molecule has 2 fully saturated rings. The van der Waals surface area contributed by atoms with Crippen molar-refractivity contribution in [2.75, 3.05) is 42.6 Å². The van der Waals surface area contributed by atoms with E-state index in [1.165, 1.54) is 0 Å². The van der Waals surface area contributed by atoms with Crippen molar-refractivity contribution >= 4 is 11.5 Å². The highest BCUT2D eigenvalue weighted by molar-refractivity contribution is 5.56. The summed E-state index contributed by atoms with van der Waals surface area (Å²) >= 11 is 0. The lowest BCUT2D eigenvalue weighted by molar-refractivity contribution is 0.122. The maximum absolute atomic E-state index is 14.6. The summed E-state index contributed by atoms with van der Waals surface area (Å²) in [4.78, 5) is 19.3. The monoisotopic (exact) mass is 357 g/mol. The van der Waals surface area contributed by atoms with Crippen LogP contribution in [0.3, 0.4) is 0 Å². The Kier molecular flexibility index (Phi) is 4.93. The minimum absolute atomic E-state index is 0.148. The van der Waals surface area contributed by atoms with Crippen molar-refractivity contribution < 1.29 is 9.13 Å². The Balaban J connectivity index is 1.60. The largest absolute Gasteiger partial charge is 0.378 e. The molecule has 0 amide bonds. The molecule has 1 N–H and O–H groups in total. The molecule has 0 radical (unpaired) electrons. The smallest absolute Gasteiger partial charge is 0.251 e. The van der Waals surface area contributed by atoms with Crippen molar-refractivity contribution in [3.05, 3.63) is 58.4 Å². The number of pyridine rings is 1. The number of halogens is 1. The van der Waals surface area contributed by atoms with Gasteiger partial charge in [-0.15, -0.1) is 0 Å². The van der Waals surface area contributed by atoms with E-state index in [2.05, 4.69) is 9.88 Å². The number of alkyl halides is 1. The number of nitrogens with one attached hydrogen (secondary N) is 1. The molecule has 4 rings (SSSR count). The molecular formula is C20H24FN3O2. The Morgan fingerprint density at radius 2 is 1.88 bits per heavy atom. The molecule has 2 unspecified atom stereocenters. The van der Waals surface area contributed by atoms with E-state index < -0.39 is 6.17 Å². The molecule has 3 heterocycles. The van der Waals surface area contributed by atoms with Gasteiger partial charge in [0.05, 0.1) is 19.3 Å². The number of anilines is 2. The van der Waals surface area contributed by atoms with Gasteiger partial charge in [-0.1, -0.05) is 30.3 Å². The molecule has 2 aliphatic heterocycles. The number of benzene rings is 1. The van der Waals surface area contributed by atoms with Gasteiger partial charge in [0, 0.05) is 37.5 Å². The number of ether oxygens (including phenoxy) is 1. The Morgan fingerprint density at radius 1 is 1.12 bits per heavy atom. The van der Waals surface area contributed by atoms with Gasteiger partial charge in [0.15, 0.2) is 0 Å². The minimum Gasteiger partial charge on any atom is -0.378 e. The van der Waals surface area contributed by atoms with Crippen LogP contribution in [0.5, 0.6) is 0 Å². The molecule has 1 aromatic heterocycles. The highest BCUT2D eigenvalue weighted by Crippen LogP contribution is 2.30. The predicted molar refractivity (Wildman–Crippen MR) is 101 cm³/mol. The molecule has 138 valence electrons. The zero-order chi connectivity index (χ0) is 17.9. The van der Waals surface area contributed by atoms with Crippen molar-refractivity contribution in [3.8, 4) is 0 Å². The average Bonchev–Trinajstić information content (AvgIpc) is 3.03. The summed E-state index contributed by atoms with van der Waals surface area (Å²) in [6, 6.07) is 13.3. The van der Waals surface area contributed by atoms with Crippen LogP contribution in [0.1, 0.15) is 12.0 Å². The normalized spacial score (nSPS) is 23.4. The van der Waals surface area contributed by atoms with Crippen LogP contribution in [0.15, 0.2) is 47.3 Å². The molecule has 0 aliphatic carbocycles. The molecule has 1 aromatic carbocycles. The number of nitrogens with zero attached hydrogens (tertiary/aromatic N) is 2. The Morgan fingerprint density at radius 3 is 2.65 bits per heavy atom.